The van der Waals surface area contributed by atoms with Gasteiger partial charge in [0.1, 0.15) is 35.9 Å². The number of hydrogen-bond acceptors (Lipinski definition) is 7. The fourth-order valence-electron chi connectivity index (χ4n) is 4.98. The summed E-state index contributed by atoms with van der Waals surface area (Å²) < 4.78 is 10.7. The van der Waals surface area contributed by atoms with Gasteiger partial charge in [0.25, 0.3) is 0 Å². The molecule has 0 unspecified atom stereocenters. The molecule has 11 nitrogen and oxygen atoms in total. The van der Waals surface area contributed by atoms with E-state index in [2.05, 4.69) is 21.3 Å². The molecular weight excluding hydrogens is 612 g/mol. The lowest BCUT2D eigenvalue weighted by Crippen LogP contribution is -2.65. The van der Waals surface area contributed by atoms with Crippen molar-refractivity contribution >= 4 is 29.8 Å². The molecule has 4 amide bonds. The molecule has 0 saturated carbocycles. The third-order valence-electron chi connectivity index (χ3n) is 7.50. The van der Waals surface area contributed by atoms with Crippen molar-refractivity contribution in [3.8, 4) is 0 Å². The van der Waals surface area contributed by atoms with Gasteiger partial charge in [-0.3, -0.25) is 14.4 Å². The summed E-state index contributed by atoms with van der Waals surface area (Å²) in [7, 11) is 0. The molecule has 0 aromatic heterocycles. The minimum Gasteiger partial charge on any atom is -0.458 e. The van der Waals surface area contributed by atoms with E-state index >= 15 is 0 Å². The molecule has 4 atom stereocenters. The summed E-state index contributed by atoms with van der Waals surface area (Å²) in [5.41, 5.74) is -0.194. The molecule has 0 bridgehead atoms. The molecule has 3 aromatic carbocycles. The third kappa shape index (κ3) is 10.7. The molecule has 3 aromatic rings. The predicted molar refractivity (Wildman–Crippen MR) is 182 cm³/mol. The molecule has 0 heterocycles. The summed E-state index contributed by atoms with van der Waals surface area (Å²) in [5.74, 6) is -3.28. The normalized spacial score (nSPS) is 14.3. The number of amides is 4. The molecule has 0 aliphatic carbocycles. The van der Waals surface area contributed by atoms with Crippen molar-refractivity contribution in [1.82, 2.24) is 21.3 Å². The van der Waals surface area contributed by atoms with Crippen molar-refractivity contribution in [2.24, 2.45) is 0 Å². The molecule has 0 spiro atoms. The lowest BCUT2D eigenvalue weighted by atomic mass is 9.75. The Morgan fingerprint density at radius 2 is 1.10 bits per heavy atom. The molecule has 0 fully saturated rings. The van der Waals surface area contributed by atoms with E-state index in [9.17, 15) is 24.0 Å². The zero-order valence-corrected chi connectivity index (χ0v) is 28.5. The highest BCUT2D eigenvalue weighted by molar-refractivity contribution is 5.97. The number of nitrogens with one attached hydrogen (secondary N) is 4. The van der Waals surface area contributed by atoms with E-state index in [0.29, 0.717) is 0 Å². The van der Waals surface area contributed by atoms with Crippen molar-refractivity contribution in [3.05, 3.63) is 108 Å². The van der Waals surface area contributed by atoms with Gasteiger partial charge in [-0.1, -0.05) is 91.0 Å². The highest BCUT2D eigenvalue weighted by Gasteiger charge is 2.46. The second-order valence-corrected chi connectivity index (χ2v) is 12.8. The summed E-state index contributed by atoms with van der Waals surface area (Å²) in [4.78, 5) is 66.1. The number of alkyl carbamates (subject to hydrolysis) is 1. The molecule has 0 radical (unpaired) electrons. The van der Waals surface area contributed by atoms with Crippen molar-refractivity contribution in [1.29, 1.82) is 0 Å². The molecule has 256 valence electrons. The number of rotatable bonds is 13. The summed E-state index contributed by atoms with van der Waals surface area (Å²) in [5, 5.41) is 10.7. The first kappa shape index (κ1) is 37.3. The van der Waals surface area contributed by atoms with Crippen molar-refractivity contribution in [2.75, 3.05) is 0 Å². The second-order valence-electron chi connectivity index (χ2n) is 12.8. The Morgan fingerprint density at radius 3 is 1.60 bits per heavy atom. The summed E-state index contributed by atoms with van der Waals surface area (Å²) in [6, 6.07) is 24.3. The number of carbonyl (C=O) groups excluding carboxylic acids is 5. The van der Waals surface area contributed by atoms with Gasteiger partial charge in [0, 0.05) is 5.92 Å². The first-order valence-corrected chi connectivity index (χ1v) is 15.8. The largest absolute Gasteiger partial charge is 0.458 e. The minimum atomic E-state index is -1.67. The van der Waals surface area contributed by atoms with Crippen LogP contribution in [0.15, 0.2) is 91.0 Å². The van der Waals surface area contributed by atoms with Crippen molar-refractivity contribution in [3.63, 3.8) is 0 Å². The Balaban J connectivity index is 1.82. The maximum absolute atomic E-state index is 14.2. The van der Waals surface area contributed by atoms with Gasteiger partial charge < -0.3 is 30.7 Å². The second kappa shape index (κ2) is 16.6. The van der Waals surface area contributed by atoms with Crippen LogP contribution in [0.2, 0.25) is 0 Å². The molecular formula is C37H46N4O7. The third-order valence-corrected chi connectivity index (χ3v) is 7.50. The first-order chi connectivity index (χ1) is 22.6. The topological polar surface area (TPSA) is 152 Å². The molecule has 11 heteroatoms. The number of hydrogen-bond donors (Lipinski definition) is 4. The molecule has 48 heavy (non-hydrogen) atoms. The maximum Gasteiger partial charge on any atom is 0.408 e. The van der Waals surface area contributed by atoms with E-state index in [0.717, 1.165) is 16.7 Å². The summed E-state index contributed by atoms with van der Waals surface area (Å²) in [6.45, 7) is 11.2. The summed E-state index contributed by atoms with van der Waals surface area (Å²) >= 11 is 0. The fraction of sp³-hybridized carbons (Fsp3) is 0.378. The highest BCUT2D eigenvalue weighted by atomic mass is 16.6. The average molecular weight is 659 g/mol. The van der Waals surface area contributed by atoms with Crippen LogP contribution >= 0.6 is 0 Å². The van der Waals surface area contributed by atoms with Gasteiger partial charge in [-0.15, -0.1) is 0 Å². The maximum atomic E-state index is 14.2. The van der Waals surface area contributed by atoms with Crippen LogP contribution < -0.4 is 21.3 Å². The van der Waals surface area contributed by atoms with E-state index in [1.54, 1.807) is 39.8 Å². The van der Waals surface area contributed by atoms with Gasteiger partial charge in [0.2, 0.25) is 17.7 Å². The first-order valence-electron chi connectivity index (χ1n) is 15.8. The van der Waals surface area contributed by atoms with E-state index < -0.39 is 65.0 Å². The Hall–Kier alpha value is -5.19. The molecule has 4 N–H and O–H groups in total. The number of ether oxygens (including phenoxy) is 2. The van der Waals surface area contributed by atoms with Crippen LogP contribution in [0.5, 0.6) is 0 Å². The average Bonchev–Trinajstić information content (AvgIpc) is 3.04. The Labute approximate surface area is 282 Å². The lowest BCUT2D eigenvalue weighted by molar-refractivity contribution is -0.158. The van der Waals surface area contributed by atoms with Crippen LogP contribution in [0.1, 0.15) is 71.1 Å². The van der Waals surface area contributed by atoms with E-state index in [1.165, 1.54) is 20.8 Å². The number of esters is 1. The molecule has 0 aliphatic heterocycles. The SMILES string of the molecule is C[C@@H](NC(=O)OCc1ccccc1)C(=O)N[C@H](C)C(=O)N[C@](C)(C(=O)N[C@H](C)C(=O)OC(C)(C)C)C(c1ccccc1)c1ccccc1. The van der Waals surface area contributed by atoms with Crippen LogP contribution in [0.25, 0.3) is 0 Å². The van der Waals surface area contributed by atoms with Crippen LogP contribution in [0.3, 0.4) is 0 Å². The van der Waals surface area contributed by atoms with Crippen molar-refractivity contribution in [2.45, 2.75) is 90.3 Å². The Kier molecular flexibility index (Phi) is 12.9. The van der Waals surface area contributed by atoms with Crippen molar-refractivity contribution < 1.29 is 33.4 Å². The molecule has 3 rings (SSSR count). The zero-order valence-electron chi connectivity index (χ0n) is 28.5. The Bertz CT molecular complexity index is 1500. The zero-order chi connectivity index (χ0) is 35.5. The monoisotopic (exact) mass is 658 g/mol. The lowest BCUT2D eigenvalue weighted by Gasteiger charge is -2.39. The minimum absolute atomic E-state index is 0.0248. The summed E-state index contributed by atoms with van der Waals surface area (Å²) in [6.07, 6.45) is -0.796. The van der Waals surface area contributed by atoms with Gasteiger partial charge >= 0.3 is 12.1 Å². The van der Waals surface area contributed by atoms with Gasteiger partial charge in [0.15, 0.2) is 0 Å². The quantitative estimate of drug-likeness (QED) is 0.199. The van der Waals surface area contributed by atoms with E-state index in [1.807, 2.05) is 78.9 Å². The predicted octanol–water partition coefficient (Wildman–Crippen LogP) is 4.36. The van der Waals surface area contributed by atoms with E-state index in [-0.39, 0.29) is 6.61 Å². The van der Waals surface area contributed by atoms with Crippen LogP contribution in [-0.2, 0) is 35.3 Å². The Morgan fingerprint density at radius 1 is 0.625 bits per heavy atom. The number of carbonyl (C=O) groups is 5. The van der Waals surface area contributed by atoms with Gasteiger partial charge in [-0.2, -0.15) is 0 Å². The highest BCUT2D eigenvalue weighted by Crippen LogP contribution is 2.35. The van der Waals surface area contributed by atoms with Crippen LogP contribution in [-0.4, -0.2) is 59.0 Å². The van der Waals surface area contributed by atoms with Gasteiger partial charge in [-0.05, 0) is 65.2 Å². The standard InChI is InChI=1S/C37H46N4O7/c1-24(40-35(46)47-23-27-17-11-8-12-18-27)31(42)38-25(2)32(43)41-37(7,34(45)39-26(3)33(44)48-36(4,5)6)30(28-19-13-9-14-20-28)29-21-15-10-16-22-29/h8-22,24-26,30H,23H2,1-7H3,(H,38,42)(H,39,45)(H,40,46)(H,41,43)/t24-,25-,26-,37+/m1/s1. The molecule has 0 aliphatic rings. The van der Waals surface area contributed by atoms with Gasteiger partial charge in [0.05, 0.1) is 0 Å². The van der Waals surface area contributed by atoms with E-state index in [4.69, 9.17) is 9.47 Å². The van der Waals surface area contributed by atoms with Crippen LogP contribution in [0.4, 0.5) is 4.79 Å². The smallest absolute Gasteiger partial charge is 0.408 e. The van der Waals surface area contributed by atoms with Crippen LogP contribution in [0, 0.1) is 0 Å². The fourth-order valence-corrected chi connectivity index (χ4v) is 4.98. The number of benzene rings is 3. The van der Waals surface area contributed by atoms with Gasteiger partial charge in [-0.25, -0.2) is 9.59 Å². The molecule has 0 saturated heterocycles.